The Labute approximate surface area is 94.3 Å². The lowest BCUT2D eigenvalue weighted by Gasteiger charge is -2.25. The number of thiophene rings is 1. The molecule has 2 heteroatoms. The number of nitrogens with zero attached hydrogens (tertiary/aromatic N) is 1. The zero-order valence-corrected chi connectivity index (χ0v) is 9.81. The molecule has 3 rings (SSSR count). The first kappa shape index (κ1) is 9.37. The van der Waals surface area contributed by atoms with Gasteiger partial charge in [0, 0.05) is 22.7 Å². The molecule has 1 aromatic carbocycles. The summed E-state index contributed by atoms with van der Waals surface area (Å²) in [6, 6.07) is 8.81. The summed E-state index contributed by atoms with van der Waals surface area (Å²) < 4.78 is 1.46. The van der Waals surface area contributed by atoms with Gasteiger partial charge in [-0.15, -0.1) is 11.3 Å². The highest BCUT2D eigenvalue weighted by Gasteiger charge is 2.19. The third-order valence-corrected chi connectivity index (χ3v) is 4.47. The molecule has 78 valence electrons. The fourth-order valence-corrected chi connectivity index (χ4v) is 3.67. The van der Waals surface area contributed by atoms with Crippen molar-refractivity contribution >= 4 is 21.4 Å². The molecule has 0 atom stereocenters. The molecule has 1 aromatic heterocycles. The van der Waals surface area contributed by atoms with Crippen LogP contribution in [0, 0.1) is 0 Å². The molecule has 2 heterocycles. The minimum Gasteiger partial charge on any atom is -0.298 e. The summed E-state index contributed by atoms with van der Waals surface area (Å²) in [5.41, 5.74) is 1.61. The predicted octanol–water partition coefficient (Wildman–Crippen LogP) is 3.28. The van der Waals surface area contributed by atoms with Crippen LogP contribution in [-0.4, -0.2) is 18.0 Å². The number of hydrogen-bond donors (Lipinski definition) is 0. The van der Waals surface area contributed by atoms with Gasteiger partial charge in [-0.05, 0) is 30.0 Å². The second-order valence-corrected chi connectivity index (χ2v) is 5.26. The summed E-state index contributed by atoms with van der Waals surface area (Å²) in [5.74, 6) is 0. The van der Waals surface area contributed by atoms with E-state index in [4.69, 9.17) is 0 Å². The van der Waals surface area contributed by atoms with Crippen LogP contribution in [0.2, 0.25) is 0 Å². The third kappa shape index (κ3) is 1.48. The van der Waals surface area contributed by atoms with E-state index in [2.05, 4.69) is 36.1 Å². The van der Waals surface area contributed by atoms with Crippen LogP contribution in [0.1, 0.15) is 17.4 Å². The lowest BCUT2D eigenvalue weighted by atomic mass is 10.0. The van der Waals surface area contributed by atoms with Gasteiger partial charge in [0.2, 0.25) is 0 Å². The molecule has 1 nitrogen and oxygen atoms in total. The van der Waals surface area contributed by atoms with Crippen molar-refractivity contribution < 1.29 is 0 Å². The maximum Gasteiger partial charge on any atom is 0.0349 e. The molecule has 1 aliphatic heterocycles. The lowest BCUT2D eigenvalue weighted by Crippen LogP contribution is -2.29. The van der Waals surface area contributed by atoms with Crippen LogP contribution in [-0.2, 0) is 13.0 Å². The van der Waals surface area contributed by atoms with Crippen LogP contribution in [0.4, 0.5) is 0 Å². The largest absolute Gasteiger partial charge is 0.298 e. The number of benzene rings is 1. The van der Waals surface area contributed by atoms with Gasteiger partial charge in [-0.2, -0.15) is 0 Å². The Balaban J connectivity index is 2.12. The van der Waals surface area contributed by atoms with E-state index in [9.17, 15) is 0 Å². The smallest absolute Gasteiger partial charge is 0.0349 e. The molecular formula is C13H15NS. The second kappa shape index (κ2) is 3.62. The van der Waals surface area contributed by atoms with E-state index in [1.54, 1.807) is 10.4 Å². The summed E-state index contributed by atoms with van der Waals surface area (Å²) in [6.07, 6.45) is 1.23. The van der Waals surface area contributed by atoms with E-state index in [0.717, 1.165) is 6.54 Å². The van der Waals surface area contributed by atoms with Gasteiger partial charge < -0.3 is 0 Å². The van der Waals surface area contributed by atoms with Gasteiger partial charge in [0.15, 0.2) is 0 Å². The van der Waals surface area contributed by atoms with E-state index in [1.165, 1.54) is 29.6 Å². The quantitative estimate of drug-likeness (QED) is 0.708. The maximum absolute atomic E-state index is 2.53. The van der Waals surface area contributed by atoms with Crippen molar-refractivity contribution in [3.8, 4) is 0 Å². The van der Waals surface area contributed by atoms with Crippen molar-refractivity contribution in [2.75, 3.05) is 13.1 Å². The van der Waals surface area contributed by atoms with Crippen molar-refractivity contribution in [3.63, 3.8) is 0 Å². The first-order valence-electron chi connectivity index (χ1n) is 5.60. The molecule has 0 unspecified atom stereocenters. The minimum absolute atomic E-state index is 1.16. The average molecular weight is 217 g/mol. The monoisotopic (exact) mass is 217 g/mol. The molecule has 0 saturated carbocycles. The highest BCUT2D eigenvalue weighted by atomic mass is 32.1. The van der Waals surface area contributed by atoms with Crippen LogP contribution < -0.4 is 0 Å². The van der Waals surface area contributed by atoms with Crippen molar-refractivity contribution in [2.24, 2.45) is 0 Å². The van der Waals surface area contributed by atoms with Gasteiger partial charge in [-0.3, -0.25) is 4.90 Å². The zero-order chi connectivity index (χ0) is 10.3. The van der Waals surface area contributed by atoms with E-state index >= 15 is 0 Å². The number of likely N-dealkylation sites (N-methyl/N-ethyl adjacent to an activating group) is 1. The topological polar surface area (TPSA) is 3.24 Å². The van der Waals surface area contributed by atoms with Crippen LogP contribution in [0.15, 0.2) is 24.3 Å². The van der Waals surface area contributed by atoms with Crippen LogP contribution in [0.5, 0.6) is 0 Å². The Kier molecular flexibility index (Phi) is 2.26. The molecule has 0 radical (unpaired) electrons. The fourth-order valence-electron chi connectivity index (χ4n) is 2.37. The van der Waals surface area contributed by atoms with Gasteiger partial charge in [-0.25, -0.2) is 0 Å². The third-order valence-electron chi connectivity index (χ3n) is 3.27. The molecule has 0 saturated heterocycles. The van der Waals surface area contributed by atoms with E-state index in [0.29, 0.717) is 0 Å². The maximum atomic E-state index is 2.53. The van der Waals surface area contributed by atoms with Gasteiger partial charge in [-0.1, -0.05) is 25.1 Å². The predicted molar refractivity (Wildman–Crippen MR) is 66.5 cm³/mol. The molecule has 0 spiro atoms. The Morgan fingerprint density at radius 2 is 2.20 bits per heavy atom. The Hall–Kier alpha value is -0.860. The fraction of sp³-hybridized carbons (Fsp3) is 0.385. The summed E-state index contributed by atoms with van der Waals surface area (Å²) in [6.45, 7) is 5.81. The second-order valence-electron chi connectivity index (χ2n) is 4.12. The molecule has 1 aliphatic rings. The number of fused-ring (bicyclic) bond motifs is 3. The first-order valence-corrected chi connectivity index (χ1v) is 6.41. The molecule has 15 heavy (non-hydrogen) atoms. The Morgan fingerprint density at radius 1 is 1.33 bits per heavy atom. The van der Waals surface area contributed by atoms with Crippen molar-refractivity contribution in [2.45, 2.75) is 19.9 Å². The Morgan fingerprint density at radius 3 is 3.07 bits per heavy atom. The summed E-state index contributed by atoms with van der Waals surface area (Å²) >= 11 is 1.98. The molecule has 0 amide bonds. The van der Waals surface area contributed by atoms with E-state index in [-0.39, 0.29) is 0 Å². The van der Waals surface area contributed by atoms with Gasteiger partial charge in [0.25, 0.3) is 0 Å². The van der Waals surface area contributed by atoms with Gasteiger partial charge in [0.1, 0.15) is 0 Å². The van der Waals surface area contributed by atoms with E-state index < -0.39 is 0 Å². The summed E-state index contributed by atoms with van der Waals surface area (Å²) in [7, 11) is 0. The lowest BCUT2D eigenvalue weighted by molar-refractivity contribution is 0.272. The summed E-state index contributed by atoms with van der Waals surface area (Å²) in [5, 5.41) is 1.49. The summed E-state index contributed by atoms with van der Waals surface area (Å²) in [4.78, 5) is 4.11. The molecule has 0 N–H and O–H groups in total. The van der Waals surface area contributed by atoms with Crippen LogP contribution >= 0.6 is 11.3 Å². The van der Waals surface area contributed by atoms with E-state index in [1.807, 2.05) is 11.3 Å². The average Bonchev–Trinajstić information content (AvgIpc) is 2.66. The molecule has 0 aliphatic carbocycles. The van der Waals surface area contributed by atoms with Crippen molar-refractivity contribution in [3.05, 3.63) is 34.7 Å². The first-order chi connectivity index (χ1) is 7.38. The van der Waals surface area contributed by atoms with Crippen LogP contribution in [0.3, 0.4) is 0 Å². The molecular weight excluding hydrogens is 202 g/mol. The standard InChI is InChI=1S/C13H15NS/c1-2-14-8-7-11-10-5-3-4-6-12(10)15-13(11)9-14/h3-6H,2,7-9H2,1H3. The Bertz CT molecular complexity index is 486. The molecule has 2 aromatic rings. The van der Waals surface area contributed by atoms with Gasteiger partial charge in [0.05, 0.1) is 0 Å². The number of rotatable bonds is 1. The SMILES string of the molecule is CCN1CCc2c(sc3ccccc23)C1. The van der Waals surface area contributed by atoms with Crippen LogP contribution in [0.25, 0.3) is 10.1 Å². The highest BCUT2D eigenvalue weighted by Crippen LogP contribution is 2.34. The molecule has 0 bridgehead atoms. The zero-order valence-electron chi connectivity index (χ0n) is 8.99. The normalized spacial score (nSPS) is 16.9. The highest BCUT2D eigenvalue weighted by molar-refractivity contribution is 7.19. The minimum atomic E-state index is 1.16. The number of hydrogen-bond acceptors (Lipinski definition) is 2. The van der Waals surface area contributed by atoms with Gasteiger partial charge >= 0.3 is 0 Å². The van der Waals surface area contributed by atoms with Crippen molar-refractivity contribution in [1.29, 1.82) is 0 Å². The van der Waals surface area contributed by atoms with Crippen molar-refractivity contribution in [1.82, 2.24) is 4.90 Å². The molecule has 0 fully saturated rings.